The molecule has 0 fully saturated rings. The van der Waals surface area contributed by atoms with E-state index in [0.29, 0.717) is 11.3 Å². The fourth-order valence-electron chi connectivity index (χ4n) is 2.57. The Kier molecular flexibility index (Phi) is 5.21. The van der Waals surface area contributed by atoms with Gasteiger partial charge in [0.05, 0.1) is 29.4 Å². The van der Waals surface area contributed by atoms with E-state index in [9.17, 15) is 19.5 Å². The lowest BCUT2D eigenvalue weighted by Gasteiger charge is -2.08. The predicted molar refractivity (Wildman–Crippen MR) is 103 cm³/mol. The molecule has 1 amide bonds. The number of methoxy groups -OCH3 is 1. The van der Waals surface area contributed by atoms with Crippen LogP contribution in [0.3, 0.4) is 0 Å². The van der Waals surface area contributed by atoms with Gasteiger partial charge in [0.15, 0.2) is 5.58 Å². The molecule has 0 bridgehead atoms. The van der Waals surface area contributed by atoms with Crippen molar-refractivity contribution in [2.24, 2.45) is 4.99 Å². The number of benzene rings is 2. The molecule has 0 aliphatic carbocycles. The van der Waals surface area contributed by atoms with Gasteiger partial charge in [-0.1, -0.05) is 6.07 Å². The Balaban J connectivity index is 1.99. The number of carbonyl (C=O) groups excluding carboxylic acids is 2. The number of aromatic hydroxyl groups is 1. The van der Waals surface area contributed by atoms with Gasteiger partial charge in [0.1, 0.15) is 11.3 Å². The van der Waals surface area contributed by atoms with Gasteiger partial charge in [0.2, 0.25) is 5.91 Å². The van der Waals surface area contributed by atoms with Gasteiger partial charge in [-0.25, -0.2) is 9.59 Å². The Morgan fingerprint density at radius 1 is 1.18 bits per heavy atom. The molecule has 8 heteroatoms. The second-order valence-electron chi connectivity index (χ2n) is 5.81. The lowest BCUT2D eigenvalue weighted by Crippen LogP contribution is -2.10. The SMILES string of the molecule is COC(=O)c1ccc(N=Cc2c(O)c3cccc(NC(C)=O)c3oc2=O)cc1. The van der Waals surface area contributed by atoms with E-state index in [1.165, 1.54) is 32.4 Å². The Labute approximate surface area is 159 Å². The van der Waals surface area contributed by atoms with Crippen molar-refractivity contribution >= 4 is 40.4 Å². The lowest BCUT2D eigenvalue weighted by molar-refractivity contribution is -0.114. The van der Waals surface area contributed by atoms with Crippen molar-refractivity contribution in [1.29, 1.82) is 0 Å². The molecule has 3 aromatic rings. The summed E-state index contributed by atoms with van der Waals surface area (Å²) in [6.45, 7) is 1.32. The highest BCUT2D eigenvalue weighted by Crippen LogP contribution is 2.30. The molecule has 0 saturated carbocycles. The van der Waals surface area contributed by atoms with Crippen LogP contribution < -0.4 is 10.9 Å². The number of nitrogens with one attached hydrogen (secondary N) is 1. The standard InChI is InChI=1S/C20H16N2O6/c1-11(23)22-16-5-3-4-14-17(24)15(20(26)28-18(14)16)10-21-13-8-6-12(7-9-13)19(25)27-2/h3-10,24H,1-2H3,(H,22,23). The number of hydrogen-bond acceptors (Lipinski definition) is 7. The maximum atomic E-state index is 12.3. The van der Waals surface area contributed by atoms with Gasteiger partial charge in [0.25, 0.3) is 0 Å². The fraction of sp³-hybridized carbons (Fsp3) is 0.100. The number of ether oxygens (including phenoxy) is 1. The highest BCUT2D eigenvalue weighted by molar-refractivity contribution is 6.02. The second kappa shape index (κ2) is 7.75. The molecular weight excluding hydrogens is 364 g/mol. The summed E-state index contributed by atoms with van der Waals surface area (Å²) < 4.78 is 9.90. The van der Waals surface area contributed by atoms with E-state index in [1.807, 2.05) is 0 Å². The van der Waals surface area contributed by atoms with Crippen molar-refractivity contribution in [2.45, 2.75) is 6.92 Å². The number of para-hydroxylation sites is 1. The maximum Gasteiger partial charge on any atom is 0.349 e. The summed E-state index contributed by atoms with van der Waals surface area (Å²) >= 11 is 0. The molecule has 0 unspecified atom stereocenters. The Morgan fingerprint density at radius 3 is 2.54 bits per heavy atom. The fourth-order valence-corrected chi connectivity index (χ4v) is 2.57. The number of amides is 1. The Bertz CT molecular complexity index is 1150. The second-order valence-corrected chi connectivity index (χ2v) is 5.81. The van der Waals surface area contributed by atoms with Crippen LogP contribution >= 0.6 is 0 Å². The zero-order valence-electron chi connectivity index (χ0n) is 15.1. The van der Waals surface area contributed by atoms with E-state index in [2.05, 4.69) is 15.0 Å². The zero-order chi connectivity index (χ0) is 20.3. The minimum atomic E-state index is -0.808. The largest absolute Gasteiger partial charge is 0.506 e. The maximum absolute atomic E-state index is 12.3. The van der Waals surface area contributed by atoms with Crippen LogP contribution in [0.4, 0.5) is 11.4 Å². The van der Waals surface area contributed by atoms with Gasteiger partial charge in [-0.3, -0.25) is 9.79 Å². The first-order valence-electron chi connectivity index (χ1n) is 8.19. The molecule has 0 saturated heterocycles. The van der Waals surface area contributed by atoms with E-state index < -0.39 is 11.6 Å². The predicted octanol–water partition coefficient (Wildman–Crippen LogP) is 2.99. The van der Waals surface area contributed by atoms with Crippen molar-refractivity contribution in [3.05, 3.63) is 64.0 Å². The highest BCUT2D eigenvalue weighted by Gasteiger charge is 2.15. The normalized spacial score (nSPS) is 10.9. The number of hydrogen-bond donors (Lipinski definition) is 2. The van der Waals surface area contributed by atoms with E-state index in [0.717, 1.165) is 0 Å². The monoisotopic (exact) mass is 380 g/mol. The summed E-state index contributed by atoms with van der Waals surface area (Å²) in [5.41, 5.74) is 0.222. The van der Waals surface area contributed by atoms with Gasteiger partial charge in [-0.05, 0) is 36.4 Å². The molecule has 142 valence electrons. The molecule has 0 aliphatic rings. The number of aliphatic imine (C=N–C) groups is 1. The first-order chi connectivity index (χ1) is 13.4. The van der Waals surface area contributed by atoms with Crippen LogP contribution in [-0.2, 0) is 9.53 Å². The molecule has 0 atom stereocenters. The van der Waals surface area contributed by atoms with Crippen molar-refractivity contribution in [1.82, 2.24) is 0 Å². The van der Waals surface area contributed by atoms with E-state index in [4.69, 9.17) is 4.42 Å². The molecule has 1 heterocycles. The van der Waals surface area contributed by atoms with Gasteiger partial charge >= 0.3 is 11.6 Å². The topological polar surface area (TPSA) is 118 Å². The zero-order valence-corrected chi connectivity index (χ0v) is 15.1. The van der Waals surface area contributed by atoms with Crippen LogP contribution in [0, 0.1) is 0 Å². The number of esters is 1. The van der Waals surface area contributed by atoms with Crippen LogP contribution in [0.2, 0.25) is 0 Å². The Morgan fingerprint density at radius 2 is 1.89 bits per heavy atom. The van der Waals surface area contributed by atoms with Gasteiger partial charge in [-0.2, -0.15) is 0 Å². The van der Waals surface area contributed by atoms with Crippen molar-refractivity contribution < 1.29 is 23.8 Å². The third-order valence-electron chi connectivity index (χ3n) is 3.88. The molecule has 0 radical (unpaired) electrons. The van der Waals surface area contributed by atoms with E-state index in [-0.39, 0.29) is 33.9 Å². The van der Waals surface area contributed by atoms with Gasteiger partial charge in [-0.15, -0.1) is 0 Å². The molecule has 2 aromatic carbocycles. The van der Waals surface area contributed by atoms with Crippen LogP contribution in [0.5, 0.6) is 5.75 Å². The lowest BCUT2D eigenvalue weighted by atomic mass is 10.1. The minimum Gasteiger partial charge on any atom is -0.506 e. The third kappa shape index (κ3) is 3.75. The average molecular weight is 380 g/mol. The minimum absolute atomic E-state index is 0.0692. The number of fused-ring (bicyclic) bond motifs is 1. The summed E-state index contributed by atoms with van der Waals surface area (Å²) in [7, 11) is 1.29. The molecule has 0 aliphatic heterocycles. The third-order valence-corrected chi connectivity index (χ3v) is 3.88. The van der Waals surface area contributed by atoms with Crippen LogP contribution in [0.25, 0.3) is 11.0 Å². The molecule has 1 aromatic heterocycles. The number of rotatable bonds is 4. The quantitative estimate of drug-likeness (QED) is 0.408. The summed E-state index contributed by atoms with van der Waals surface area (Å²) in [5.74, 6) is -1.12. The first-order valence-corrected chi connectivity index (χ1v) is 8.19. The van der Waals surface area contributed by atoms with Crippen molar-refractivity contribution in [2.75, 3.05) is 12.4 Å². The van der Waals surface area contributed by atoms with Crippen molar-refractivity contribution in [3.8, 4) is 5.75 Å². The smallest absolute Gasteiger partial charge is 0.349 e. The Hall–Kier alpha value is -3.94. The van der Waals surface area contributed by atoms with E-state index >= 15 is 0 Å². The van der Waals surface area contributed by atoms with Gasteiger partial charge in [0, 0.05) is 13.1 Å². The van der Waals surface area contributed by atoms with Crippen molar-refractivity contribution in [3.63, 3.8) is 0 Å². The molecule has 28 heavy (non-hydrogen) atoms. The molecule has 3 rings (SSSR count). The molecule has 0 spiro atoms. The molecule has 2 N–H and O–H groups in total. The van der Waals surface area contributed by atoms with Crippen LogP contribution in [0.1, 0.15) is 22.8 Å². The summed E-state index contributed by atoms with van der Waals surface area (Å²) in [6, 6.07) is 10.9. The summed E-state index contributed by atoms with van der Waals surface area (Å²) in [4.78, 5) is 39.2. The first kappa shape index (κ1) is 18.8. The summed E-state index contributed by atoms with van der Waals surface area (Å²) in [6.07, 6.45) is 1.18. The van der Waals surface area contributed by atoms with E-state index in [1.54, 1.807) is 30.3 Å². The molecule has 8 nitrogen and oxygen atoms in total. The molecular formula is C20H16N2O6. The average Bonchev–Trinajstić information content (AvgIpc) is 2.68. The van der Waals surface area contributed by atoms with Crippen LogP contribution in [-0.4, -0.2) is 30.3 Å². The number of nitrogens with zero attached hydrogens (tertiary/aromatic N) is 1. The summed E-state index contributed by atoms with van der Waals surface area (Å²) in [5, 5.41) is 13.3. The number of carbonyl (C=O) groups is 2. The number of anilines is 1. The van der Waals surface area contributed by atoms with Gasteiger partial charge < -0.3 is 19.6 Å². The highest BCUT2D eigenvalue weighted by atomic mass is 16.5. The van der Waals surface area contributed by atoms with Crippen LogP contribution in [0.15, 0.2) is 56.7 Å².